The van der Waals surface area contributed by atoms with E-state index in [1.807, 2.05) is 12.1 Å². The first-order chi connectivity index (χ1) is 9.74. The predicted octanol–water partition coefficient (Wildman–Crippen LogP) is 3.81. The van der Waals surface area contributed by atoms with E-state index in [9.17, 15) is 4.39 Å². The molecule has 104 valence electrons. The number of fused-ring (bicyclic) bond motifs is 1. The van der Waals surface area contributed by atoms with E-state index in [0.29, 0.717) is 16.3 Å². The summed E-state index contributed by atoms with van der Waals surface area (Å²) in [5, 5.41) is 0. The summed E-state index contributed by atoms with van der Waals surface area (Å²) in [6.07, 6.45) is 0.981. The van der Waals surface area contributed by atoms with E-state index in [1.165, 1.54) is 29.0 Å². The van der Waals surface area contributed by atoms with Crippen LogP contribution in [-0.2, 0) is 11.2 Å². The monoisotopic (exact) mass is 289 g/mol. The largest absolute Gasteiger partial charge is 0.399 e. The van der Waals surface area contributed by atoms with Gasteiger partial charge in [0.25, 0.3) is 0 Å². The minimum Gasteiger partial charge on any atom is -0.399 e. The van der Waals surface area contributed by atoms with Crippen molar-refractivity contribution in [2.24, 2.45) is 0 Å². The molecule has 0 aliphatic carbocycles. The summed E-state index contributed by atoms with van der Waals surface area (Å²) in [6, 6.07) is 13.1. The van der Waals surface area contributed by atoms with Crippen molar-refractivity contribution in [3.05, 3.63) is 59.4 Å². The van der Waals surface area contributed by atoms with Gasteiger partial charge in [-0.3, -0.25) is 0 Å². The van der Waals surface area contributed by atoms with Crippen LogP contribution in [0.1, 0.15) is 17.2 Å². The van der Waals surface area contributed by atoms with Crippen LogP contribution >= 0.6 is 11.8 Å². The number of anilines is 1. The van der Waals surface area contributed by atoms with Gasteiger partial charge in [-0.15, -0.1) is 11.8 Å². The SMILES string of the molecule is Nc1ccc(SCC2OCCc3ccccc32)c(F)c1. The van der Waals surface area contributed by atoms with Gasteiger partial charge in [-0.2, -0.15) is 0 Å². The molecule has 0 aromatic heterocycles. The Morgan fingerprint density at radius 2 is 2.10 bits per heavy atom. The molecule has 1 atom stereocenters. The summed E-state index contributed by atoms with van der Waals surface area (Å²) < 4.78 is 19.6. The van der Waals surface area contributed by atoms with Gasteiger partial charge in [0, 0.05) is 16.3 Å². The number of rotatable bonds is 3. The zero-order valence-electron chi connectivity index (χ0n) is 11.0. The highest BCUT2D eigenvalue weighted by Gasteiger charge is 2.20. The standard InChI is InChI=1S/C16H16FNOS/c17-14-9-12(18)5-6-16(14)20-10-15-13-4-2-1-3-11(13)7-8-19-15/h1-6,9,15H,7-8,10,18H2. The minimum atomic E-state index is -0.265. The molecule has 0 fully saturated rings. The van der Waals surface area contributed by atoms with Crippen molar-refractivity contribution in [2.75, 3.05) is 18.1 Å². The first-order valence-electron chi connectivity index (χ1n) is 6.61. The van der Waals surface area contributed by atoms with Crippen molar-refractivity contribution >= 4 is 17.4 Å². The number of hydrogen-bond acceptors (Lipinski definition) is 3. The lowest BCUT2D eigenvalue weighted by molar-refractivity contribution is 0.0588. The Labute approximate surface area is 122 Å². The van der Waals surface area contributed by atoms with E-state index in [-0.39, 0.29) is 11.9 Å². The number of hydrogen-bond donors (Lipinski definition) is 1. The van der Waals surface area contributed by atoms with E-state index in [2.05, 4.69) is 12.1 Å². The van der Waals surface area contributed by atoms with Gasteiger partial charge in [0.15, 0.2) is 0 Å². The summed E-state index contributed by atoms with van der Waals surface area (Å²) in [5.41, 5.74) is 8.57. The van der Waals surface area contributed by atoms with E-state index < -0.39 is 0 Å². The van der Waals surface area contributed by atoms with Gasteiger partial charge in [0.2, 0.25) is 0 Å². The summed E-state index contributed by atoms with van der Waals surface area (Å²) in [4.78, 5) is 0.617. The molecule has 3 rings (SSSR count). The number of thioether (sulfide) groups is 1. The highest BCUT2D eigenvalue weighted by Crippen LogP contribution is 2.33. The summed E-state index contributed by atoms with van der Waals surface area (Å²) >= 11 is 1.47. The second kappa shape index (κ2) is 5.85. The summed E-state index contributed by atoms with van der Waals surface area (Å²) in [7, 11) is 0. The Hall–Kier alpha value is -1.52. The molecule has 1 aliphatic rings. The molecule has 20 heavy (non-hydrogen) atoms. The first kappa shape index (κ1) is 13.5. The highest BCUT2D eigenvalue weighted by molar-refractivity contribution is 7.99. The van der Waals surface area contributed by atoms with Crippen molar-refractivity contribution in [1.82, 2.24) is 0 Å². The molecule has 2 nitrogen and oxygen atoms in total. The Bertz CT molecular complexity index is 617. The fourth-order valence-corrected chi connectivity index (χ4v) is 3.38. The summed E-state index contributed by atoms with van der Waals surface area (Å²) in [5.74, 6) is 0.441. The molecular formula is C16H16FNOS. The third kappa shape index (κ3) is 2.81. The molecule has 1 heterocycles. The first-order valence-corrected chi connectivity index (χ1v) is 7.60. The maximum atomic E-state index is 13.8. The van der Waals surface area contributed by atoms with Crippen molar-refractivity contribution in [2.45, 2.75) is 17.4 Å². The summed E-state index contributed by atoms with van der Waals surface area (Å²) in [6.45, 7) is 0.729. The molecule has 1 unspecified atom stereocenters. The quantitative estimate of drug-likeness (QED) is 0.689. The maximum absolute atomic E-state index is 13.8. The van der Waals surface area contributed by atoms with Crippen LogP contribution in [0.3, 0.4) is 0 Å². The molecule has 0 radical (unpaired) electrons. The molecule has 0 spiro atoms. The topological polar surface area (TPSA) is 35.2 Å². The van der Waals surface area contributed by atoms with E-state index in [0.717, 1.165) is 13.0 Å². The van der Waals surface area contributed by atoms with Crippen LogP contribution in [-0.4, -0.2) is 12.4 Å². The highest BCUT2D eigenvalue weighted by atomic mass is 32.2. The average Bonchev–Trinajstić information content (AvgIpc) is 2.46. The predicted molar refractivity (Wildman–Crippen MR) is 80.4 cm³/mol. The lowest BCUT2D eigenvalue weighted by atomic mass is 9.99. The van der Waals surface area contributed by atoms with Gasteiger partial charge in [0.05, 0.1) is 12.7 Å². The molecule has 0 saturated heterocycles. The number of halogens is 1. The van der Waals surface area contributed by atoms with Crippen LogP contribution in [0.5, 0.6) is 0 Å². The lowest BCUT2D eigenvalue weighted by Gasteiger charge is -2.25. The fraction of sp³-hybridized carbons (Fsp3) is 0.250. The van der Waals surface area contributed by atoms with Crippen molar-refractivity contribution in [3.63, 3.8) is 0 Å². The Morgan fingerprint density at radius 3 is 2.95 bits per heavy atom. The molecule has 1 aliphatic heterocycles. The van der Waals surface area contributed by atoms with Crippen LogP contribution in [0.25, 0.3) is 0 Å². The van der Waals surface area contributed by atoms with Crippen molar-refractivity contribution < 1.29 is 9.13 Å². The van der Waals surface area contributed by atoms with Crippen LogP contribution in [0.15, 0.2) is 47.4 Å². The average molecular weight is 289 g/mol. The maximum Gasteiger partial charge on any atom is 0.138 e. The number of nitrogens with two attached hydrogens (primary N) is 1. The Morgan fingerprint density at radius 1 is 1.25 bits per heavy atom. The van der Waals surface area contributed by atoms with Crippen LogP contribution in [0.4, 0.5) is 10.1 Å². The van der Waals surface area contributed by atoms with Gasteiger partial charge >= 0.3 is 0 Å². The number of benzene rings is 2. The van der Waals surface area contributed by atoms with Crippen molar-refractivity contribution in [1.29, 1.82) is 0 Å². The molecule has 0 amide bonds. The third-order valence-electron chi connectivity index (χ3n) is 3.44. The second-order valence-electron chi connectivity index (χ2n) is 4.81. The minimum absolute atomic E-state index is 0.0295. The molecular weight excluding hydrogens is 273 g/mol. The molecule has 0 bridgehead atoms. The number of nitrogen functional groups attached to an aromatic ring is 1. The van der Waals surface area contributed by atoms with Gasteiger partial charge in [-0.1, -0.05) is 24.3 Å². The molecule has 4 heteroatoms. The lowest BCUT2D eigenvalue weighted by Crippen LogP contribution is -2.17. The van der Waals surface area contributed by atoms with E-state index >= 15 is 0 Å². The smallest absolute Gasteiger partial charge is 0.138 e. The van der Waals surface area contributed by atoms with Gasteiger partial charge in [-0.05, 0) is 35.7 Å². The normalized spacial score (nSPS) is 17.8. The zero-order valence-corrected chi connectivity index (χ0v) is 11.8. The molecule has 0 saturated carbocycles. The van der Waals surface area contributed by atoms with E-state index in [1.54, 1.807) is 12.1 Å². The third-order valence-corrected chi connectivity index (χ3v) is 4.55. The van der Waals surface area contributed by atoms with E-state index in [4.69, 9.17) is 10.5 Å². The Kier molecular flexibility index (Phi) is 3.94. The van der Waals surface area contributed by atoms with Crippen LogP contribution in [0, 0.1) is 5.82 Å². The van der Waals surface area contributed by atoms with Crippen molar-refractivity contribution in [3.8, 4) is 0 Å². The number of ether oxygens (including phenoxy) is 1. The van der Waals surface area contributed by atoms with Gasteiger partial charge < -0.3 is 10.5 Å². The molecule has 2 aromatic carbocycles. The zero-order chi connectivity index (χ0) is 13.9. The molecule has 2 N–H and O–H groups in total. The van der Waals surface area contributed by atoms with Gasteiger partial charge in [-0.25, -0.2) is 4.39 Å². The second-order valence-corrected chi connectivity index (χ2v) is 5.87. The van der Waals surface area contributed by atoms with Crippen LogP contribution in [0.2, 0.25) is 0 Å². The Balaban J connectivity index is 1.73. The van der Waals surface area contributed by atoms with Gasteiger partial charge in [0.1, 0.15) is 5.82 Å². The molecule has 2 aromatic rings. The van der Waals surface area contributed by atoms with Crippen LogP contribution < -0.4 is 5.73 Å². The fourth-order valence-electron chi connectivity index (χ4n) is 2.41.